The highest BCUT2D eigenvalue weighted by molar-refractivity contribution is 5.76. The normalized spacial score (nSPS) is 11.0. The fourth-order valence-corrected chi connectivity index (χ4v) is 5.48. The van der Waals surface area contributed by atoms with Gasteiger partial charge in [0.2, 0.25) is 0 Å². The standard InChI is InChI=1S/C40H27N7/c1-2-11-27(12-3-1)29-14-6-15-30(43-29)28-25-39(37-20-8-17-34(45-37)32-22-10-24-42-32)47-40(26-28)38-21-9-19-36(46-38)35-18-7-16-33(44-35)31-13-4-5-23-41-31/h1-26,42H. The largest absolute Gasteiger partial charge is 0.360 e. The maximum absolute atomic E-state index is 5.11. The third-order valence-corrected chi connectivity index (χ3v) is 7.78. The van der Waals surface area contributed by atoms with Crippen LogP contribution in [-0.4, -0.2) is 34.9 Å². The second kappa shape index (κ2) is 12.4. The fraction of sp³-hybridized carbons (Fsp3) is 0. The molecule has 1 aromatic carbocycles. The summed E-state index contributed by atoms with van der Waals surface area (Å²) in [6.07, 6.45) is 3.66. The Hall–Kier alpha value is -6.60. The van der Waals surface area contributed by atoms with Crippen LogP contribution in [0.15, 0.2) is 158 Å². The smallest absolute Gasteiger partial charge is 0.0901 e. The van der Waals surface area contributed by atoms with Crippen LogP contribution < -0.4 is 0 Å². The fourth-order valence-electron chi connectivity index (χ4n) is 5.48. The van der Waals surface area contributed by atoms with Crippen LogP contribution in [0.2, 0.25) is 0 Å². The van der Waals surface area contributed by atoms with Gasteiger partial charge in [0.05, 0.1) is 68.3 Å². The van der Waals surface area contributed by atoms with Crippen molar-refractivity contribution in [3.63, 3.8) is 0 Å². The summed E-state index contributed by atoms with van der Waals surface area (Å²) in [5, 5.41) is 0. The summed E-state index contributed by atoms with van der Waals surface area (Å²) in [7, 11) is 0. The topological polar surface area (TPSA) is 93.1 Å². The van der Waals surface area contributed by atoms with E-state index in [9.17, 15) is 0 Å². The number of pyridine rings is 6. The Morgan fingerprint density at radius 1 is 0.319 bits per heavy atom. The monoisotopic (exact) mass is 605 g/mol. The lowest BCUT2D eigenvalue weighted by Gasteiger charge is -2.11. The van der Waals surface area contributed by atoms with Crippen molar-refractivity contribution in [2.24, 2.45) is 0 Å². The van der Waals surface area contributed by atoms with Gasteiger partial charge in [-0.2, -0.15) is 0 Å². The van der Waals surface area contributed by atoms with E-state index < -0.39 is 0 Å². The van der Waals surface area contributed by atoms with Crippen molar-refractivity contribution in [2.75, 3.05) is 0 Å². The first-order valence-corrected chi connectivity index (χ1v) is 15.3. The Bertz CT molecular complexity index is 2300. The van der Waals surface area contributed by atoms with Gasteiger partial charge in [0.1, 0.15) is 0 Å². The van der Waals surface area contributed by atoms with Crippen LogP contribution in [0.5, 0.6) is 0 Å². The summed E-state index contributed by atoms with van der Waals surface area (Å²) in [5.74, 6) is 0. The van der Waals surface area contributed by atoms with E-state index >= 15 is 0 Å². The number of rotatable bonds is 7. The molecule has 47 heavy (non-hydrogen) atoms. The molecule has 0 aliphatic rings. The minimum Gasteiger partial charge on any atom is -0.360 e. The molecule has 0 saturated heterocycles. The Balaban J connectivity index is 1.25. The predicted molar refractivity (Wildman–Crippen MR) is 186 cm³/mol. The second-order valence-corrected chi connectivity index (χ2v) is 10.9. The lowest BCUT2D eigenvalue weighted by atomic mass is 10.0. The molecule has 0 unspecified atom stereocenters. The Morgan fingerprint density at radius 3 is 1.38 bits per heavy atom. The predicted octanol–water partition coefficient (Wildman–Crippen LogP) is 9.05. The summed E-state index contributed by atoms with van der Waals surface area (Å²) in [5.41, 5.74) is 11.5. The molecule has 0 aliphatic heterocycles. The van der Waals surface area contributed by atoms with Gasteiger partial charge in [0, 0.05) is 23.5 Å². The molecule has 7 heterocycles. The molecule has 222 valence electrons. The molecule has 0 atom stereocenters. The lowest BCUT2D eigenvalue weighted by Crippen LogP contribution is -1.97. The summed E-state index contributed by atoms with van der Waals surface area (Å²) in [6.45, 7) is 0. The Morgan fingerprint density at radius 2 is 0.787 bits per heavy atom. The molecule has 7 heteroatoms. The maximum atomic E-state index is 5.11. The molecule has 0 amide bonds. The molecular weight excluding hydrogens is 578 g/mol. The molecular formula is C40H27N7. The van der Waals surface area contributed by atoms with Crippen LogP contribution >= 0.6 is 0 Å². The molecule has 7 nitrogen and oxygen atoms in total. The average Bonchev–Trinajstić information content (AvgIpc) is 3.71. The number of nitrogens with zero attached hydrogens (tertiary/aromatic N) is 6. The number of benzene rings is 1. The van der Waals surface area contributed by atoms with Crippen molar-refractivity contribution in [2.45, 2.75) is 0 Å². The molecule has 0 fully saturated rings. The van der Waals surface area contributed by atoms with E-state index in [1.54, 1.807) is 6.20 Å². The number of H-pyrrole nitrogens is 1. The van der Waals surface area contributed by atoms with Gasteiger partial charge in [0.15, 0.2) is 0 Å². The Kier molecular flexibility index (Phi) is 7.38. The van der Waals surface area contributed by atoms with Gasteiger partial charge < -0.3 is 4.98 Å². The van der Waals surface area contributed by atoms with E-state index in [1.807, 2.05) is 140 Å². The summed E-state index contributed by atoms with van der Waals surface area (Å²) in [6, 6.07) is 47.9. The summed E-state index contributed by atoms with van der Waals surface area (Å²) in [4.78, 5) is 32.8. The highest BCUT2D eigenvalue weighted by Crippen LogP contribution is 2.31. The molecule has 7 aromatic heterocycles. The van der Waals surface area contributed by atoms with Crippen molar-refractivity contribution in [3.8, 4) is 79.5 Å². The second-order valence-electron chi connectivity index (χ2n) is 10.9. The molecule has 8 aromatic rings. The first-order chi connectivity index (χ1) is 23.3. The average molecular weight is 606 g/mol. The Labute approximate surface area is 271 Å². The van der Waals surface area contributed by atoms with Gasteiger partial charge in [-0.25, -0.2) is 24.9 Å². The third kappa shape index (κ3) is 5.93. The molecule has 0 bridgehead atoms. The zero-order valence-corrected chi connectivity index (χ0v) is 25.2. The van der Waals surface area contributed by atoms with Gasteiger partial charge >= 0.3 is 0 Å². The highest BCUT2D eigenvalue weighted by atomic mass is 14.9. The number of hydrogen-bond donors (Lipinski definition) is 1. The quantitative estimate of drug-likeness (QED) is 0.195. The third-order valence-electron chi connectivity index (χ3n) is 7.78. The van der Waals surface area contributed by atoms with Gasteiger partial charge in [-0.05, 0) is 84.9 Å². The van der Waals surface area contributed by atoms with Crippen LogP contribution in [0.25, 0.3) is 79.5 Å². The molecule has 0 aliphatic carbocycles. The van der Waals surface area contributed by atoms with E-state index in [1.165, 1.54) is 0 Å². The first-order valence-electron chi connectivity index (χ1n) is 15.3. The van der Waals surface area contributed by atoms with Crippen molar-refractivity contribution in [1.82, 2.24) is 34.9 Å². The van der Waals surface area contributed by atoms with Crippen LogP contribution in [0.1, 0.15) is 0 Å². The molecule has 0 radical (unpaired) electrons. The molecule has 0 spiro atoms. The van der Waals surface area contributed by atoms with Crippen molar-refractivity contribution in [1.29, 1.82) is 0 Å². The van der Waals surface area contributed by atoms with Crippen molar-refractivity contribution >= 4 is 0 Å². The van der Waals surface area contributed by atoms with E-state index in [2.05, 4.69) is 22.1 Å². The van der Waals surface area contributed by atoms with E-state index in [-0.39, 0.29) is 0 Å². The summed E-state index contributed by atoms with van der Waals surface area (Å²) >= 11 is 0. The van der Waals surface area contributed by atoms with Crippen LogP contribution in [0, 0.1) is 0 Å². The maximum Gasteiger partial charge on any atom is 0.0901 e. The van der Waals surface area contributed by atoms with Gasteiger partial charge in [-0.1, -0.05) is 60.7 Å². The van der Waals surface area contributed by atoms with Crippen LogP contribution in [0.4, 0.5) is 0 Å². The minimum atomic E-state index is 0.708. The van der Waals surface area contributed by atoms with E-state index in [0.29, 0.717) is 5.69 Å². The van der Waals surface area contributed by atoms with E-state index in [4.69, 9.17) is 24.9 Å². The van der Waals surface area contributed by atoms with Crippen molar-refractivity contribution < 1.29 is 0 Å². The van der Waals surface area contributed by atoms with E-state index in [0.717, 1.165) is 73.8 Å². The zero-order valence-electron chi connectivity index (χ0n) is 25.2. The number of aromatic amines is 1. The zero-order chi connectivity index (χ0) is 31.4. The first kappa shape index (κ1) is 27.9. The SMILES string of the molecule is c1ccc(-c2cccc(-c3cc(-c4cccc(-c5cccc(-c6ccccn6)n5)n4)nc(-c4cccc(-c5ccc[nH]5)n4)c3)n2)cc1. The number of hydrogen-bond acceptors (Lipinski definition) is 6. The highest BCUT2D eigenvalue weighted by Gasteiger charge is 2.15. The van der Waals surface area contributed by atoms with Gasteiger partial charge in [-0.15, -0.1) is 0 Å². The minimum absolute atomic E-state index is 0.708. The number of nitrogens with one attached hydrogen (secondary N) is 1. The lowest BCUT2D eigenvalue weighted by molar-refractivity contribution is 1.19. The van der Waals surface area contributed by atoms with Gasteiger partial charge in [-0.3, -0.25) is 4.98 Å². The molecule has 8 rings (SSSR count). The number of aromatic nitrogens is 7. The van der Waals surface area contributed by atoms with Crippen LogP contribution in [-0.2, 0) is 0 Å². The van der Waals surface area contributed by atoms with Crippen molar-refractivity contribution in [3.05, 3.63) is 158 Å². The van der Waals surface area contributed by atoms with Gasteiger partial charge in [0.25, 0.3) is 0 Å². The molecule has 0 saturated carbocycles. The van der Waals surface area contributed by atoms with Crippen LogP contribution in [0.3, 0.4) is 0 Å². The molecule has 1 N–H and O–H groups in total. The summed E-state index contributed by atoms with van der Waals surface area (Å²) < 4.78 is 0.